The van der Waals surface area contributed by atoms with Crippen LogP contribution in [0.5, 0.6) is 0 Å². The number of non-ortho nitro benzene ring substituents is 1. The molecule has 0 bridgehead atoms. The molecule has 6 nitrogen and oxygen atoms in total. The number of rotatable bonds is 5. The van der Waals surface area contributed by atoms with Gasteiger partial charge in [0.05, 0.1) is 11.0 Å². The van der Waals surface area contributed by atoms with Gasteiger partial charge in [0.25, 0.3) is 11.6 Å². The van der Waals surface area contributed by atoms with E-state index in [1.807, 2.05) is 0 Å². The van der Waals surface area contributed by atoms with Crippen molar-refractivity contribution in [1.29, 1.82) is 0 Å². The zero-order valence-corrected chi connectivity index (χ0v) is 12.5. The van der Waals surface area contributed by atoms with Crippen LogP contribution in [-0.4, -0.2) is 40.5 Å². The van der Waals surface area contributed by atoms with Crippen LogP contribution in [0.15, 0.2) is 22.7 Å². The number of carbonyl (C=O) groups excluding carboxylic acids is 1. The van der Waals surface area contributed by atoms with E-state index in [0.717, 1.165) is 12.8 Å². The highest BCUT2D eigenvalue weighted by atomic mass is 79.9. The van der Waals surface area contributed by atoms with E-state index in [2.05, 4.69) is 15.9 Å². The minimum atomic E-state index is -0.541. The summed E-state index contributed by atoms with van der Waals surface area (Å²) in [4.78, 5) is 23.9. The molecule has 0 spiro atoms. The molecule has 1 unspecified atom stereocenters. The third-order valence-corrected chi connectivity index (χ3v) is 3.77. The standard InChI is InChI=1S/C13H15BrN2O4/c1-15(7-12(17)8-2-3-8)13(18)9-4-10(14)6-11(5-9)16(19)20/h4-6,8,12,17H,2-3,7H2,1H3. The lowest BCUT2D eigenvalue weighted by molar-refractivity contribution is -0.385. The average molecular weight is 343 g/mol. The summed E-state index contributed by atoms with van der Waals surface area (Å²) in [7, 11) is 1.58. The van der Waals surface area contributed by atoms with Crippen LogP contribution in [0, 0.1) is 16.0 Å². The first-order valence-electron chi connectivity index (χ1n) is 6.27. The number of hydrogen-bond donors (Lipinski definition) is 1. The lowest BCUT2D eigenvalue weighted by Gasteiger charge is -2.20. The van der Waals surface area contributed by atoms with Gasteiger partial charge in [-0.3, -0.25) is 14.9 Å². The molecule has 1 aliphatic carbocycles. The second-order valence-corrected chi connectivity index (χ2v) is 5.96. The van der Waals surface area contributed by atoms with Crippen LogP contribution in [0.1, 0.15) is 23.2 Å². The van der Waals surface area contributed by atoms with Crippen molar-refractivity contribution >= 4 is 27.5 Å². The summed E-state index contributed by atoms with van der Waals surface area (Å²) in [5.41, 5.74) is 0.0930. The predicted octanol–water partition coefficient (Wildman–Crippen LogP) is 2.20. The summed E-state index contributed by atoms with van der Waals surface area (Å²) in [5, 5.41) is 20.6. The van der Waals surface area contributed by atoms with Crippen molar-refractivity contribution in [3.63, 3.8) is 0 Å². The van der Waals surface area contributed by atoms with Crippen molar-refractivity contribution in [2.75, 3.05) is 13.6 Å². The summed E-state index contributed by atoms with van der Waals surface area (Å²) in [5.74, 6) is -0.0591. The summed E-state index contributed by atoms with van der Waals surface area (Å²) in [6.07, 6.45) is 1.46. The molecule has 108 valence electrons. The number of amides is 1. The quantitative estimate of drug-likeness (QED) is 0.656. The minimum Gasteiger partial charge on any atom is -0.391 e. The molecule has 0 heterocycles. The molecule has 1 fully saturated rings. The topological polar surface area (TPSA) is 83.7 Å². The normalized spacial score (nSPS) is 15.8. The molecule has 1 aliphatic rings. The fraction of sp³-hybridized carbons (Fsp3) is 0.462. The van der Waals surface area contributed by atoms with E-state index >= 15 is 0 Å². The summed E-state index contributed by atoms with van der Waals surface area (Å²) in [6, 6.07) is 4.12. The summed E-state index contributed by atoms with van der Waals surface area (Å²) < 4.78 is 0.478. The number of aliphatic hydroxyl groups is 1. The molecule has 1 atom stereocenters. The Labute approximate surface area is 124 Å². The van der Waals surface area contributed by atoms with Crippen molar-refractivity contribution in [3.05, 3.63) is 38.3 Å². The smallest absolute Gasteiger partial charge is 0.271 e. The van der Waals surface area contributed by atoms with Gasteiger partial charge in [0.2, 0.25) is 0 Å². The van der Waals surface area contributed by atoms with E-state index in [4.69, 9.17) is 0 Å². The van der Waals surface area contributed by atoms with Crippen molar-refractivity contribution in [2.24, 2.45) is 5.92 Å². The first-order valence-corrected chi connectivity index (χ1v) is 7.06. The lowest BCUT2D eigenvalue weighted by atomic mass is 10.1. The fourth-order valence-corrected chi connectivity index (χ4v) is 2.50. The first-order chi connectivity index (χ1) is 9.38. The number of hydrogen-bond acceptors (Lipinski definition) is 4. The number of likely N-dealkylation sites (N-methyl/N-ethyl adjacent to an activating group) is 1. The van der Waals surface area contributed by atoms with Crippen LogP contribution in [0.25, 0.3) is 0 Å². The molecule has 1 N–H and O–H groups in total. The Bertz CT molecular complexity index is 545. The van der Waals surface area contributed by atoms with Gasteiger partial charge in [-0.2, -0.15) is 0 Å². The van der Waals surface area contributed by atoms with Gasteiger partial charge in [0.1, 0.15) is 0 Å². The zero-order valence-electron chi connectivity index (χ0n) is 11.0. The third-order valence-electron chi connectivity index (χ3n) is 3.31. The maximum Gasteiger partial charge on any atom is 0.271 e. The molecule has 7 heteroatoms. The number of nitro groups is 1. The molecule has 2 rings (SSSR count). The van der Waals surface area contributed by atoms with Gasteiger partial charge in [-0.25, -0.2) is 0 Å². The van der Waals surface area contributed by atoms with Gasteiger partial charge in [-0.1, -0.05) is 15.9 Å². The highest BCUT2D eigenvalue weighted by molar-refractivity contribution is 9.10. The van der Waals surface area contributed by atoms with Gasteiger partial charge in [0, 0.05) is 35.8 Å². The molecule has 0 radical (unpaired) electrons. The van der Waals surface area contributed by atoms with E-state index in [1.54, 1.807) is 7.05 Å². The van der Waals surface area contributed by atoms with Gasteiger partial charge >= 0.3 is 0 Å². The van der Waals surface area contributed by atoms with Crippen LogP contribution in [0.4, 0.5) is 5.69 Å². The van der Waals surface area contributed by atoms with Crippen molar-refractivity contribution in [2.45, 2.75) is 18.9 Å². The molecule has 1 saturated carbocycles. The number of aliphatic hydroxyl groups excluding tert-OH is 1. The molecule has 0 aromatic heterocycles. The highest BCUT2D eigenvalue weighted by Gasteiger charge is 2.31. The zero-order chi connectivity index (χ0) is 14.9. The number of benzene rings is 1. The van der Waals surface area contributed by atoms with E-state index in [1.165, 1.54) is 23.1 Å². The molecule has 0 aliphatic heterocycles. The lowest BCUT2D eigenvalue weighted by Crippen LogP contribution is -2.35. The van der Waals surface area contributed by atoms with Crippen LogP contribution in [0.3, 0.4) is 0 Å². The van der Waals surface area contributed by atoms with Crippen molar-refractivity contribution in [1.82, 2.24) is 4.90 Å². The Morgan fingerprint density at radius 2 is 2.20 bits per heavy atom. The van der Waals surface area contributed by atoms with Crippen LogP contribution in [0.2, 0.25) is 0 Å². The fourth-order valence-electron chi connectivity index (χ4n) is 2.02. The van der Waals surface area contributed by atoms with Crippen molar-refractivity contribution < 1.29 is 14.8 Å². The van der Waals surface area contributed by atoms with Gasteiger partial charge in [-0.15, -0.1) is 0 Å². The van der Waals surface area contributed by atoms with Crippen LogP contribution >= 0.6 is 15.9 Å². The molecule has 20 heavy (non-hydrogen) atoms. The minimum absolute atomic E-state index is 0.140. The van der Waals surface area contributed by atoms with Gasteiger partial charge < -0.3 is 10.0 Å². The van der Waals surface area contributed by atoms with Crippen molar-refractivity contribution in [3.8, 4) is 0 Å². The third kappa shape index (κ3) is 3.55. The Hall–Kier alpha value is -1.47. The Morgan fingerprint density at radius 3 is 2.75 bits per heavy atom. The number of nitro benzene ring substituents is 1. The summed E-state index contributed by atoms with van der Waals surface area (Å²) in [6.45, 7) is 0.240. The number of halogens is 1. The Morgan fingerprint density at radius 1 is 1.55 bits per heavy atom. The molecule has 0 saturated heterocycles. The van der Waals surface area contributed by atoms with Crippen LogP contribution < -0.4 is 0 Å². The first kappa shape index (κ1) is 14.9. The molecule has 1 amide bonds. The highest BCUT2D eigenvalue weighted by Crippen LogP contribution is 2.33. The van der Waals surface area contributed by atoms with Gasteiger partial charge in [-0.05, 0) is 24.8 Å². The molecule has 1 aromatic carbocycles. The predicted molar refractivity (Wildman–Crippen MR) is 76.5 cm³/mol. The van der Waals surface area contributed by atoms with E-state index in [0.29, 0.717) is 4.47 Å². The average Bonchev–Trinajstić information content (AvgIpc) is 3.21. The number of nitrogens with zero attached hydrogens (tertiary/aromatic N) is 2. The molecular formula is C13H15BrN2O4. The monoisotopic (exact) mass is 342 g/mol. The van der Waals surface area contributed by atoms with E-state index in [9.17, 15) is 20.0 Å². The summed E-state index contributed by atoms with van der Waals surface area (Å²) >= 11 is 3.16. The SMILES string of the molecule is CN(CC(O)C1CC1)C(=O)c1cc(Br)cc([N+](=O)[O-])c1. The largest absolute Gasteiger partial charge is 0.391 e. The maximum atomic E-state index is 12.2. The molecular weight excluding hydrogens is 328 g/mol. The number of carbonyl (C=O) groups is 1. The Kier molecular flexibility index (Phi) is 4.39. The van der Waals surface area contributed by atoms with Gasteiger partial charge in [0.15, 0.2) is 0 Å². The van der Waals surface area contributed by atoms with E-state index in [-0.39, 0.29) is 29.6 Å². The maximum absolute atomic E-state index is 12.2. The Balaban J connectivity index is 2.12. The van der Waals surface area contributed by atoms with Crippen LogP contribution in [-0.2, 0) is 0 Å². The second-order valence-electron chi connectivity index (χ2n) is 5.05. The second kappa shape index (κ2) is 5.88. The molecule has 1 aromatic rings. The van der Waals surface area contributed by atoms with E-state index < -0.39 is 11.0 Å².